The minimum Gasteiger partial charge on any atom is -0.361 e. The number of aromatic amines is 1. The number of Topliss-reactive ketones (excluding diaryl/α,β-unsaturated/α-hetero) is 2. The first-order chi connectivity index (χ1) is 14.4. The molecule has 150 valence electrons. The van der Waals surface area contributed by atoms with Gasteiger partial charge in [0.25, 0.3) is 0 Å². The van der Waals surface area contributed by atoms with Gasteiger partial charge in [-0.15, -0.1) is 0 Å². The van der Waals surface area contributed by atoms with E-state index >= 15 is 0 Å². The average molecular weight is 398 g/mol. The Balaban J connectivity index is 1.80. The van der Waals surface area contributed by atoms with Crippen LogP contribution in [0.15, 0.2) is 48.8 Å². The number of imidazole rings is 1. The van der Waals surface area contributed by atoms with Crippen LogP contribution in [-0.4, -0.2) is 44.9 Å². The zero-order valence-corrected chi connectivity index (χ0v) is 17.2. The van der Waals surface area contributed by atoms with Crippen molar-refractivity contribution >= 4 is 39.3 Å². The van der Waals surface area contributed by atoms with Crippen molar-refractivity contribution in [2.24, 2.45) is 0 Å². The van der Waals surface area contributed by atoms with E-state index in [4.69, 9.17) is 0 Å². The van der Waals surface area contributed by atoms with Gasteiger partial charge in [0.2, 0.25) is 0 Å². The van der Waals surface area contributed by atoms with Crippen LogP contribution >= 0.6 is 0 Å². The van der Waals surface area contributed by atoms with Gasteiger partial charge in [-0.1, -0.05) is 24.3 Å². The molecule has 0 saturated heterocycles. The second kappa shape index (κ2) is 6.78. The highest BCUT2D eigenvalue weighted by molar-refractivity contribution is 6.51. The van der Waals surface area contributed by atoms with Crippen LogP contribution in [0.5, 0.6) is 0 Å². The molecule has 0 amide bonds. The number of rotatable bonds is 4. The fourth-order valence-electron chi connectivity index (χ4n) is 4.38. The molecule has 6 nitrogen and oxygen atoms in total. The summed E-state index contributed by atoms with van der Waals surface area (Å²) >= 11 is 0. The molecule has 1 aromatic carbocycles. The Bertz CT molecular complexity index is 1370. The van der Waals surface area contributed by atoms with E-state index in [9.17, 15) is 9.59 Å². The Hall–Kier alpha value is -3.51. The summed E-state index contributed by atoms with van der Waals surface area (Å²) in [6.07, 6.45) is 3.74. The lowest BCUT2D eigenvalue weighted by atomic mass is 9.98. The summed E-state index contributed by atoms with van der Waals surface area (Å²) in [5.41, 5.74) is 6.00. The maximum Gasteiger partial charge on any atom is 0.173 e. The average Bonchev–Trinajstić information content (AvgIpc) is 3.33. The van der Waals surface area contributed by atoms with Crippen LogP contribution in [0.25, 0.3) is 27.7 Å². The van der Waals surface area contributed by atoms with Crippen molar-refractivity contribution in [3.05, 3.63) is 71.3 Å². The van der Waals surface area contributed by atoms with Crippen molar-refractivity contribution in [1.29, 1.82) is 0 Å². The maximum absolute atomic E-state index is 13.0. The number of aryl methyl sites for hydroxylation is 1. The third kappa shape index (κ3) is 2.80. The number of ketones is 2. The largest absolute Gasteiger partial charge is 0.361 e. The molecule has 0 unspecified atom stereocenters. The highest BCUT2D eigenvalue weighted by Gasteiger charge is 2.36. The van der Waals surface area contributed by atoms with Crippen molar-refractivity contribution in [1.82, 2.24) is 19.3 Å². The molecule has 3 heterocycles. The highest BCUT2D eigenvalue weighted by atomic mass is 16.2. The standard InChI is InChI=1S/C24H22N4O2/c1-14-24(28-13-15(12-27(2)3)8-9-21(28)26-14)23-20(30)10-19(29)22(23)17-11-25-18-7-5-4-6-16(17)18/h4-9,11,13,25H,10,12H2,1-3H3. The number of fused-ring (bicyclic) bond motifs is 2. The van der Waals surface area contributed by atoms with E-state index in [0.29, 0.717) is 16.8 Å². The van der Waals surface area contributed by atoms with Gasteiger partial charge in [-0.2, -0.15) is 0 Å². The van der Waals surface area contributed by atoms with Crippen LogP contribution < -0.4 is 0 Å². The third-order valence-electron chi connectivity index (χ3n) is 5.58. The van der Waals surface area contributed by atoms with Gasteiger partial charge in [-0.25, -0.2) is 4.98 Å². The molecule has 30 heavy (non-hydrogen) atoms. The van der Waals surface area contributed by atoms with E-state index in [0.717, 1.165) is 39.9 Å². The Labute approximate surface area is 173 Å². The molecule has 0 saturated carbocycles. The predicted octanol–water partition coefficient (Wildman–Crippen LogP) is 3.64. The van der Waals surface area contributed by atoms with Gasteiger partial charge in [0.1, 0.15) is 5.65 Å². The number of nitrogens with zero attached hydrogens (tertiary/aromatic N) is 3. The van der Waals surface area contributed by atoms with Gasteiger partial charge in [-0.3, -0.25) is 14.0 Å². The zero-order valence-electron chi connectivity index (χ0n) is 17.2. The summed E-state index contributed by atoms with van der Waals surface area (Å²) < 4.78 is 1.95. The van der Waals surface area contributed by atoms with Crippen molar-refractivity contribution in [2.45, 2.75) is 19.9 Å². The summed E-state index contributed by atoms with van der Waals surface area (Å²) in [6, 6.07) is 11.8. The number of nitrogens with one attached hydrogen (secondary N) is 1. The molecule has 0 fully saturated rings. The van der Waals surface area contributed by atoms with Gasteiger partial charge in [-0.05, 0) is 38.7 Å². The van der Waals surface area contributed by atoms with Crippen LogP contribution in [0.4, 0.5) is 0 Å². The van der Waals surface area contributed by atoms with Crippen molar-refractivity contribution in [2.75, 3.05) is 14.1 Å². The van der Waals surface area contributed by atoms with Crippen molar-refractivity contribution < 1.29 is 9.59 Å². The molecule has 0 bridgehead atoms. The number of benzene rings is 1. The molecule has 3 aromatic heterocycles. The van der Waals surface area contributed by atoms with E-state index in [1.807, 2.05) is 74.2 Å². The fourth-order valence-corrected chi connectivity index (χ4v) is 4.38. The summed E-state index contributed by atoms with van der Waals surface area (Å²) in [4.78, 5) is 36.0. The van der Waals surface area contributed by atoms with Crippen LogP contribution in [0.3, 0.4) is 0 Å². The number of aromatic nitrogens is 3. The molecule has 5 rings (SSSR count). The van der Waals surface area contributed by atoms with Crippen molar-refractivity contribution in [3.63, 3.8) is 0 Å². The molecule has 0 atom stereocenters. The monoisotopic (exact) mass is 398 g/mol. The summed E-state index contributed by atoms with van der Waals surface area (Å²) in [5.74, 6) is -0.290. The van der Waals surface area contributed by atoms with Gasteiger partial charge in [0.05, 0.1) is 23.4 Å². The lowest BCUT2D eigenvalue weighted by Crippen LogP contribution is -2.11. The minimum atomic E-state index is -0.150. The Kier molecular flexibility index (Phi) is 4.18. The number of hydrogen-bond donors (Lipinski definition) is 1. The Morgan fingerprint density at radius 1 is 1.07 bits per heavy atom. The second-order valence-electron chi connectivity index (χ2n) is 8.07. The topological polar surface area (TPSA) is 70.5 Å². The first-order valence-electron chi connectivity index (χ1n) is 9.94. The quantitative estimate of drug-likeness (QED) is 0.533. The number of carbonyl (C=O) groups excluding carboxylic acids is 2. The number of pyridine rings is 1. The molecule has 1 aliphatic rings. The maximum atomic E-state index is 13.0. The van der Waals surface area contributed by atoms with E-state index in [-0.39, 0.29) is 18.0 Å². The molecule has 0 aliphatic heterocycles. The molecule has 0 spiro atoms. The Morgan fingerprint density at radius 3 is 2.63 bits per heavy atom. The molecular formula is C24H22N4O2. The van der Waals surface area contributed by atoms with Crippen LogP contribution in [0.1, 0.15) is 28.9 Å². The van der Waals surface area contributed by atoms with E-state index in [2.05, 4.69) is 14.9 Å². The number of H-pyrrole nitrogens is 1. The minimum absolute atomic E-state index is 0.103. The van der Waals surface area contributed by atoms with Crippen molar-refractivity contribution in [3.8, 4) is 0 Å². The van der Waals surface area contributed by atoms with E-state index < -0.39 is 0 Å². The molecule has 6 heteroatoms. The molecular weight excluding hydrogens is 376 g/mol. The van der Waals surface area contributed by atoms with Gasteiger partial charge >= 0.3 is 0 Å². The fraction of sp³-hybridized carbons (Fsp3) is 0.208. The zero-order chi connectivity index (χ0) is 21.0. The second-order valence-corrected chi connectivity index (χ2v) is 8.07. The summed E-state index contributed by atoms with van der Waals surface area (Å²) in [7, 11) is 4.03. The van der Waals surface area contributed by atoms with Crippen LogP contribution in [0, 0.1) is 6.92 Å². The predicted molar refractivity (Wildman–Crippen MR) is 117 cm³/mol. The SMILES string of the molecule is Cc1nc2ccc(CN(C)C)cn2c1C1=C(c2c[nH]c3ccccc23)C(=O)CC1=O. The first kappa shape index (κ1) is 18.5. The molecule has 4 aromatic rings. The smallest absolute Gasteiger partial charge is 0.173 e. The van der Waals surface area contributed by atoms with Crippen LogP contribution in [-0.2, 0) is 16.1 Å². The van der Waals surface area contributed by atoms with E-state index in [1.165, 1.54) is 0 Å². The highest BCUT2D eigenvalue weighted by Crippen LogP contribution is 2.39. The Morgan fingerprint density at radius 2 is 1.83 bits per heavy atom. The van der Waals surface area contributed by atoms with Gasteiger partial charge < -0.3 is 9.88 Å². The van der Waals surface area contributed by atoms with E-state index in [1.54, 1.807) is 0 Å². The number of hydrogen-bond acceptors (Lipinski definition) is 4. The summed E-state index contributed by atoms with van der Waals surface area (Å²) in [5, 5.41) is 0.938. The normalized spacial score (nSPS) is 14.8. The number of para-hydroxylation sites is 1. The van der Waals surface area contributed by atoms with Crippen LogP contribution in [0.2, 0.25) is 0 Å². The van der Waals surface area contributed by atoms with Gasteiger partial charge in [0.15, 0.2) is 11.6 Å². The molecule has 1 N–H and O–H groups in total. The van der Waals surface area contributed by atoms with Gasteiger partial charge in [0, 0.05) is 41.0 Å². The molecule has 0 radical (unpaired) electrons. The first-order valence-corrected chi connectivity index (χ1v) is 9.94. The number of carbonyl (C=O) groups is 2. The number of allylic oxidation sites excluding steroid dienone is 2. The lowest BCUT2D eigenvalue weighted by Gasteiger charge is -2.11. The summed E-state index contributed by atoms with van der Waals surface area (Å²) in [6.45, 7) is 2.66. The molecule has 1 aliphatic carbocycles. The third-order valence-corrected chi connectivity index (χ3v) is 5.58. The lowest BCUT2D eigenvalue weighted by molar-refractivity contribution is -0.119.